The van der Waals surface area contributed by atoms with Crippen molar-refractivity contribution in [2.45, 2.75) is 37.8 Å². The van der Waals surface area contributed by atoms with Crippen LogP contribution in [0.15, 0.2) is 18.2 Å². The third-order valence-corrected chi connectivity index (χ3v) is 4.68. The molecule has 5 N–H and O–H groups in total. The number of nitrogens with two attached hydrogens (primary N) is 1. The Morgan fingerprint density at radius 3 is 2.86 bits per heavy atom. The number of anilines is 1. The third kappa shape index (κ3) is 2.92. The lowest BCUT2D eigenvalue weighted by Gasteiger charge is -2.40. The molecule has 0 radical (unpaired) electrons. The standard InChI is InChI=1S/C16H22N4O2/c17-14-8-12(21)4-5-13(14)15(18)16(22)19-10-2-1-3-11-6-7-20(11)9-10/h4-5,8,10-11,18,21H,1-3,6-7,9,17H2,(H,19,22)/t10-,11?/m0/s1. The first kappa shape index (κ1) is 14.8. The van der Waals surface area contributed by atoms with Crippen LogP contribution in [0.3, 0.4) is 0 Å². The SMILES string of the molecule is N=C(C(=O)N[C@H]1CCCC2CCN2C1)c1ccc(O)cc1N. The zero-order valence-electron chi connectivity index (χ0n) is 12.5. The van der Waals surface area contributed by atoms with Crippen molar-refractivity contribution >= 4 is 17.3 Å². The number of fused-ring (bicyclic) bond motifs is 1. The summed E-state index contributed by atoms with van der Waals surface area (Å²) in [5.74, 6) is -0.372. The molecule has 2 aliphatic heterocycles. The second-order valence-corrected chi connectivity index (χ2v) is 6.19. The van der Waals surface area contributed by atoms with Gasteiger partial charge in [0.2, 0.25) is 0 Å². The second kappa shape index (κ2) is 5.96. The minimum absolute atomic E-state index is 0.0297. The average Bonchev–Trinajstić information content (AvgIpc) is 2.58. The highest BCUT2D eigenvalue weighted by atomic mass is 16.3. The maximum absolute atomic E-state index is 12.3. The highest BCUT2D eigenvalue weighted by Gasteiger charge is 2.33. The van der Waals surface area contributed by atoms with E-state index in [1.165, 1.54) is 31.0 Å². The molecule has 0 aromatic heterocycles. The first-order valence-corrected chi connectivity index (χ1v) is 7.77. The van der Waals surface area contributed by atoms with Crippen molar-refractivity contribution in [2.24, 2.45) is 0 Å². The Morgan fingerprint density at radius 1 is 1.36 bits per heavy atom. The highest BCUT2D eigenvalue weighted by molar-refractivity contribution is 6.45. The van der Waals surface area contributed by atoms with Gasteiger partial charge in [0.05, 0.1) is 0 Å². The molecule has 0 saturated carbocycles. The molecule has 2 heterocycles. The number of nitrogens with zero attached hydrogens (tertiary/aromatic N) is 1. The lowest BCUT2D eigenvalue weighted by Crippen LogP contribution is -2.52. The summed E-state index contributed by atoms with van der Waals surface area (Å²) in [7, 11) is 0. The summed E-state index contributed by atoms with van der Waals surface area (Å²) in [6.45, 7) is 1.98. The van der Waals surface area contributed by atoms with Crippen LogP contribution in [0.5, 0.6) is 5.75 Å². The van der Waals surface area contributed by atoms with Gasteiger partial charge in [-0.1, -0.05) is 0 Å². The van der Waals surface area contributed by atoms with E-state index in [1.807, 2.05) is 0 Å². The van der Waals surface area contributed by atoms with Crippen LogP contribution in [-0.2, 0) is 4.79 Å². The second-order valence-electron chi connectivity index (χ2n) is 6.19. The quantitative estimate of drug-likeness (QED) is 0.495. The summed E-state index contributed by atoms with van der Waals surface area (Å²) < 4.78 is 0. The van der Waals surface area contributed by atoms with Crippen LogP contribution < -0.4 is 11.1 Å². The van der Waals surface area contributed by atoms with Crippen molar-refractivity contribution in [1.29, 1.82) is 5.41 Å². The van der Waals surface area contributed by atoms with Crippen LogP contribution in [0.2, 0.25) is 0 Å². The number of hydrogen-bond acceptors (Lipinski definition) is 5. The van der Waals surface area contributed by atoms with Gasteiger partial charge in [-0.25, -0.2) is 0 Å². The maximum Gasteiger partial charge on any atom is 0.270 e. The van der Waals surface area contributed by atoms with E-state index in [9.17, 15) is 9.90 Å². The molecule has 6 heteroatoms. The number of phenolic OH excluding ortho intramolecular Hbond substituents is 1. The largest absolute Gasteiger partial charge is 0.508 e. The van der Waals surface area contributed by atoms with Crippen LogP contribution >= 0.6 is 0 Å². The van der Waals surface area contributed by atoms with E-state index in [0.717, 1.165) is 25.9 Å². The van der Waals surface area contributed by atoms with Gasteiger partial charge < -0.3 is 16.2 Å². The van der Waals surface area contributed by atoms with Gasteiger partial charge in [0.1, 0.15) is 11.5 Å². The van der Waals surface area contributed by atoms with Gasteiger partial charge in [0.15, 0.2) is 0 Å². The molecule has 2 fully saturated rings. The topological polar surface area (TPSA) is 102 Å². The fourth-order valence-corrected chi connectivity index (χ4v) is 3.31. The number of nitrogen functional groups attached to an aromatic ring is 1. The van der Waals surface area contributed by atoms with Crippen LogP contribution in [0.1, 0.15) is 31.2 Å². The van der Waals surface area contributed by atoms with Crippen LogP contribution in [0.4, 0.5) is 5.69 Å². The van der Waals surface area contributed by atoms with Crippen molar-refractivity contribution in [1.82, 2.24) is 10.2 Å². The molecule has 2 aliphatic rings. The summed E-state index contributed by atoms with van der Waals surface area (Å²) in [5.41, 5.74) is 6.22. The van der Waals surface area contributed by atoms with Gasteiger partial charge in [-0.05, 0) is 44.4 Å². The molecule has 1 amide bonds. The molecular formula is C16H22N4O2. The Kier molecular flexibility index (Phi) is 4.02. The number of benzene rings is 1. The lowest BCUT2D eigenvalue weighted by atomic mass is 10.00. The predicted molar refractivity (Wildman–Crippen MR) is 85.1 cm³/mol. The number of nitrogens with one attached hydrogen (secondary N) is 2. The number of aromatic hydroxyl groups is 1. The minimum Gasteiger partial charge on any atom is -0.508 e. The molecule has 22 heavy (non-hydrogen) atoms. The summed E-state index contributed by atoms with van der Waals surface area (Å²) in [6.07, 6.45) is 4.53. The monoisotopic (exact) mass is 302 g/mol. The van der Waals surface area contributed by atoms with Crippen molar-refractivity contribution in [3.8, 4) is 5.75 Å². The summed E-state index contributed by atoms with van der Waals surface area (Å²) in [4.78, 5) is 14.7. The molecule has 2 atom stereocenters. The number of rotatable bonds is 3. The summed E-state index contributed by atoms with van der Waals surface area (Å²) >= 11 is 0. The molecule has 118 valence electrons. The number of phenols is 1. The Hall–Kier alpha value is -2.08. The number of carbonyl (C=O) groups excluding carboxylic acids is 1. The van der Waals surface area contributed by atoms with Crippen LogP contribution in [0.25, 0.3) is 0 Å². The third-order valence-electron chi connectivity index (χ3n) is 4.68. The first-order valence-electron chi connectivity index (χ1n) is 7.77. The Morgan fingerprint density at radius 2 is 2.18 bits per heavy atom. The van der Waals surface area contributed by atoms with Gasteiger partial charge in [-0.2, -0.15) is 0 Å². The van der Waals surface area contributed by atoms with Crippen molar-refractivity contribution < 1.29 is 9.90 Å². The van der Waals surface area contributed by atoms with E-state index in [-0.39, 0.29) is 23.2 Å². The normalized spacial score (nSPS) is 24.7. The summed E-state index contributed by atoms with van der Waals surface area (Å²) in [6, 6.07) is 5.08. The fourth-order valence-electron chi connectivity index (χ4n) is 3.31. The van der Waals surface area contributed by atoms with E-state index < -0.39 is 5.91 Å². The Labute approximate surface area is 129 Å². The number of amides is 1. The van der Waals surface area contributed by atoms with Crippen LogP contribution in [-0.4, -0.2) is 46.8 Å². The highest BCUT2D eigenvalue weighted by Crippen LogP contribution is 2.27. The lowest BCUT2D eigenvalue weighted by molar-refractivity contribution is -0.115. The smallest absolute Gasteiger partial charge is 0.270 e. The van der Waals surface area contributed by atoms with Gasteiger partial charge in [0, 0.05) is 35.9 Å². The Bertz CT molecular complexity index is 602. The van der Waals surface area contributed by atoms with Crippen molar-refractivity contribution in [2.75, 3.05) is 18.8 Å². The van der Waals surface area contributed by atoms with Crippen molar-refractivity contribution in [3.63, 3.8) is 0 Å². The zero-order chi connectivity index (χ0) is 15.7. The van der Waals surface area contributed by atoms with E-state index in [2.05, 4.69) is 10.2 Å². The molecule has 0 aliphatic carbocycles. The van der Waals surface area contributed by atoms with E-state index >= 15 is 0 Å². The number of hydrogen-bond donors (Lipinski definition) is 4. The number of carbonyl (C=O) groups is 1. The zero-order valence-corrected chi connectivity index (χ0v) is 12.5. The van der Waals surface area contributed by atoms with E-state index in [0.29, 0.717) is 11.6 Å². The van der Waals surface area contributed by atoms with Gasteiger partial charge in [0.25, 0.3) is 5.91 Å². The minimum atomic E-state index is -0.402. The molecule has 1 aromatic rings. The van der Waals surface area contributed by atoms with E-state index in [1.54, 1.807) is 0 Å². The fraction of sp³-hybridized carbons (Fsp3) is 0.500. The predicted octanol–water partition coefficient (Wildman–Crippen LogP) is 1.09. The molecular weight excluding hydrogens is 280 g/mol. The average molecular weight is 302 g/mol. The van der Waals surface area contributed by atoms with Gasteiger partial charge in [-0.15, -0.1) is 0 Å². The molecule has 1 aromatic carbocycles. The molecule has 0 bridgehead atoms. The molecule has 2 saturated heterocycles. The van der Waals surface area contributed by atoms with Crippen molar-refractivity contribution in [3.05, 3.63) is 23.8 Å². The molecule has 6 nitrogen and oxygen atoms in total. The maximum atomic E-state index is 12.3. The molecule has 1 unspecified atom stereocenters. The summed E-state index contributed by atoms with van der Waals surface area (Å²) in [5, 5.41) is 20.4. The van der Waals surface area contributed by atoms with E-state index in [4.69, 9.17) is 11.1 Å². The Balaban J connectivity index is 1.64. The first-order chi connectivity index (χ1) is 10.5. The van der Waals surface area contributed by atoms with Gasteiger partial charge in [-0.3, -0.25) is 15.1 Å². The van der Waals surface area contributed by atoms with Gasteiger partial charge >= 0.3 is 0 Å². The molecule has 0 spiro atoms. The van der Waals surface area contributed by atoms with Crippen LogP contribution in [0, 0.1) is 5.41 Å². The molecule has 3 rings (SSSR count).